The Bertz CT molecular complexity index is 830. The summed E-state index contributed by atoms with van der Waals surface area (Å²) >= 11 is 0. The third kappa shape index (κ3) is 7.40. The summed E-state index contributed by atoms with van der Waals surface area (Å²) in [6, 6.07) is 8.00. The number of carbonyl (C=O) groups is 3. The van der Waals surface area contributed by atoms with Crippen molar-refractivity contribution in [2.75, 3.05) is 6.61 Å². The minimum atomic E-state index is -2.86. The molecule has 0 saturated carbocycles. The van der Waals surface area contributed by atoms with Crippen molar-refractivity contribution in [3.63, 3.8) is 0 Å². The predicted octanol–water partition coefficient (Wildman–Crippen LogP) is 3.44. The van der Waals surface area contributed by atoms with E-state index in [2.05, 4.69) is 0 Å². The lowest BCUT2D eigenvalue weighted by atomic mass is 9.99. The van der Waals surface area contributed by atoms with Crippen LogP contribution in [-0.2, 0) is 25.4 Å². The average molecular weight is 453 g/mol. The van der Waals surface area contributed by atoms with E-state index in [-0.39, 0.29) is 11.6 Å². The van der Waals surface area contributed by atoms with Crippen LogP contribution in [0.2, 0.25) is 0 Å². The van der Waals surface area contributed by atoms with E-state index in [0.717, 1.165) is 0 Å². The van der Waals surface area contributed by atoms with Gasteiger partial charge in [-0.05, 0) is 54.0 Å². The topological polar surface area (TPSA) is 137 Å². The lowest BCUT2D eigenvalue weighted by molar-refractivity contribution is -0.584. The zero-order valence-electron chi connectivity index (χ0n) is 19.5. The van der Waals surface area contributed by atoms with Crippen molar-refractivity contribution in [1.82, 2.24) is 10.4 Å². The molecule has 0 aliphatic carbocycles. The van der Waals surface area contributed by atoms with Crippen LogP contribution in [0.4, 0.5) is 9.59 Å². The van der Waals surface area contributed by atoms with E-state index in [9.17, 15) is 24.5 Å². The molecule has 1 atom stereocenters. The second kappa shape index (κ2) is 10.3. The molecule has 0 aromatic heterocycles. The summed E-state index contributed by atoms with van der Waals surface area (Å²) in [6.45, 7) is 10.6. The van der Waals surface area contributed by atoms with Crippen LogP contribution in [0.1, 0.15) is 54.0 Å². The molecule has 0 radical (unpaired) electrons. The van der Waals surface area contributed by atoms with Crippen LogP contribution < -0.4 is 5.43 Å². The van der Waals surface area contributed by atoms with Gasteiger partial charge in [0.1, 0.15) is 11.2 Å². The molecule has 2 amide bonds. The minimum Gasteiger partial charge on any atom is -0.459 e. The second-order valence-corrected chi connectivity index (χ2v) is 8.89. The molecule has 11 heteroatoms. The van der Waals surface area contributed by atoms with Crippen molar-refractivity contribution in [3.8, 4) is 0 Å². The van der Waals surface area contributed by atoms with E-state index in [0.29, 0.717) is 5.56 Å². The van der Waals surface area contributed by atoms with Gasteiger partial charge in [-0.1, -0.05) is 30.3 Å². The van der Waals surface area contributed by atoms with Crippen LogP contribution in [0.15, 0.2) is 30.3 Å². The van der Waals surface area contributed by atoms with Crippen molar-refractivity contribution in [3.05, 3.63) is 46.0 Å². The van der Waals surface area contributed by atoms with Gasteiger partial charge < -0.3 is 14.2 Å². The highest BCUT2D eigenvalue weighted by Crippen LogP contribution is 2.26. The van der Waals surface area contributed by atoms with Gasteiger partial charge in [0.25, 0.3) is 0 Å². The van der Waals surface area contributed by atoms with Gasteiger partial charge in [-0.3, -0.25) is 10.1 Å². The van der Waals surface area contributed by atoms with E-state index in [1.54, 1.807) is 39.0 Å². The molecule has 0 heterocycles. The molecule has 1 unspecified atom stereocenters. The molecular weight excluding hydrogens is 422 g/mol. The molecule has 1 rings (SSSR count). The van der Waals surface area contributed by atoms with Crippen molar-refractivity contribution in [1.29, 1.82) is 0 Å². The number of benzene rings is 1. The Morgan fingerprint density at radius 1 is 1.00 bits per heavy atom. The fourth-order valence-corrected chi connectivity index (χ4v) is 2.58. The van der Waals surface area contributed by atoms with Gasteiger partial charge >= 0.3 is 23.8 Å². The van der Waals surface area contributed by atoms with E-state index >= 15 is 0 Å². The monoisotopic (exact) mass is 453 g/mol. The van der Waals surface area contributed by atoms with Crippen LogP contribution in [0, 0.1) is 10.1 Å². The molecule has 0 bridgehead atoms. The van der Waals surface area contributed by atoms with Crippen LogP contribution in [-0.4, -0.2) is 51.6 Å². The Morgan fingerprint density at radius 2 is 1.53 bits per heavy atom. The van der Waals surface area contributed by atoms with Crippen molar-refractivity contribution in [2.45, 2.75) is 71.8 Å². The Labute approximate surface area is 187 Å². The summed E-state index contributed by atoms with van der Waals surface area (Å²) in [5.74, 6) is -1.35. The molecule has 1 N–H and O–H groups in total. The zero-order valence-corrected chi connectivity index (χ0v) is 19.5. The first-order valence-corrected chi connectivity index (χ1v) is 10.0. The molecule has 1 aromatic carbocycles. The highest BCUT2D eigenvalue weighted by atomic mass is 16.7. The SMILES string of the molecule is CCOC(=O)C(Cc1ccccc1)(N(NC(=O)OC(C)(C)C)C(=O)OC(C)(C)C)[N+](=O)[O-]. The van der Waals surface area contributed by atoms with E-state index in [4.69, 9.17) is 14.2 Å². The zero-order chi connectivity index (χ0) is 24.7. The third-order valence-corrected chi connectivity index (χ3v) is 3.75. The largest absolute Gasteiger partial charge is 0.459 e. The summed E-state index contributed by atoms with van der Waals surface area (Å²) in [4.78, 5) is 49.9. The maximum Gasteiger partial charge on any atom is 0.435 e. The van der Waals surface area contributed by atoms with Gasteiger partial charge in [0, 0.05) is 0 Å². The van der Waals surface area contributed by atoms with Gasteiger partial charge in [-0.15, -0.1) is 5.01 Å². The molecule has 0 aliphatic heterocycles. The molecular formula is C21H31N3O8. The standard InChI is InChI=1S/C21H31N3O8/c1-8-30-16(25)21(24(28)29,14-15-12-10-9-11-13-15)23(18(27)32-20(5,6)7)22-17(26)31-19(2,3)4/h9-13H,8,14H2,1-7H3,(H,22,26). The summed E-state index contributed by atoms with van der Waals surface area (Å²) < 4.78 is 15.4. The maximum atomic E-state index is 13.0. The molecule has 1 aromatic rings. The molecule has 32 heavy (non-hydrogen) atoms. The predicted molar refractivity (Wildman–Crippen MR) is 114 cm³/mol. The van der Waals surface area contributed by atoms with Gasteiger partial charge in [-0.2, -0.15) is 0 Å². The Morgan fingerprint density at radius 3 is 1.97 bits per heavy atom. The number of amides is 2. The van der Waals surface area contributed by atoms with Crippen LogP contribution in [0.3, 0.4) is 0 Å². The summed E-state index contributed by atoms with van der Waals surface area (Å²) in [6.07, 6.45) is -3.12. The lowest BCUT2D eigenvalue weighted by Gasteiger charge is -2.35. The first-order valence-electron chi connectivity index (χ1n) is 10.0. The summed E-state index contributed by atoms with van der Waals surface area (Å²) in [7, 11) is 0. The molecule has 11 nitrogen and oxygen atoms in total. The number of rotatable bonds is 6. The molecule has 0 saturated heterocycles. The first-order chi connectivity index (χ1) is 14.6. The normalized spacial score (nSPS) is 13.3. The van der Waals surface area contributed by atoms with Crippen LogP contribution in [0.5, 0.6) is 0 Å². The highest BCUT2D eigenvalue weighted by molar-refractivity contribution is 5.86. The molecule has 0 aliphatic rings. The number of esters is 1. The summed E-state index contributed by atoms with van der Waals surface area (Å²) in [5, 5.41) is 12.6. The minimum absolute atomic E-state index is 0.197. The van der Waals surface area contributed by atoms with E-state index in [1.165, 1.54) is 39.8 Å². The van der Waals surface area contributed by atoms with Gasteiger partial charge in [0.15, 0.2) is 0 Å². The summed E-state index contributed by atoms with van der Waals surface area (Å²) in [5.41, 5.74) is -2.56. The number of ether oxygens (including phenoxy) is 3. The number of carbonyl (C=O) groups excluding carboxylic acids is 3. The smallest absolute Gasteiger partial charge is 0.435 e. The number of hydrogen-bond acceptors (Lipinski definition) is 8. The fourth-order valence-electron chi connectivity index (χ4n) is 2.58. The third-order valence-electron chi connectivity index (χ3n) is 3.75. The Hall–Kier alpha value is -3.37. The number of hydrogen-bond donors (Lipinski definition) is 1. The molecule has 0 fully saturated rings. The van der Waals surface area contributed by atoms with E-state index < -0.39 is 46.4 Å². The lowest BCUT2D eigenvalue weighted by Crippen LogP contribution is -2.69. The number of nitrogens with zero attached hydrogens (tertiary/aromatic N) is 2. The average Bonchev–Trinajstić information content (AvgIpc) is 2.62. The highest BCUT2D eigenvalue weighted by Gasteiger charge is 2.62. The number of nitro groups is 1. The number of nitrogens with one attached hydrogen (secondary N) is 1. The quantitative estimate of drug-likeness (QED) is 0.227. The Kier molecular flexibility index (Phi) is 8.58. The number of hydrazine groups is 1. The van der Waals surface area contributed by atoms with Gasteiger partial charge in [0.05, 0.1) is 18.0 Å². The molecule has 0 spiro atoms. The maximum absolute atomic E-state index is 13.0. The fraction of sp³-hybridized carbons (Fsp3) is 0.571. The van der Waals surface area contributed by atoms with Gasteiger partial charge in [-0.25, -0.2) is 19.8 Å². The van der Waals surface area contributed by atoms with Crippen molar-refractivity contribution >= 4 is 18.2 Å². The van der Waals surface area contributed by atoms with E-state index in [1.807, 2.05) is 5.43 Å². The van der Waals surface area contributed by atoms with Crippen molar-refractivity contribution < 1.29 is 33.5 Å². The Balaban J connectivity index is 3.64. The van der Waals surface area contributed by atoms with Crippen LogP contribution >= 0.6 is 0 Å². The van der Waals surface area contributed by atoms with Gasteiger partial charge in [0.2, 0.25) is 0 Å². The first kappa shape index (κ1) is 26.7. The molecule has 178 valence electrons. The van der Waals surface area contributed by atoms with Crippen LogP contribution in [0.25, 0.3) is 0 Å². The second-order valence-electron chi connectivity index (χ2n) is 8.89. The van der Waals surface area contributed by atoms with Crippen molar-refractivity contribution in [2.24, 2.45) is 0 Å².